The molecule has 0 saturated carbocycles. The zero-order valence-electron chi connectivity index (χ0n) is 17.3. The van der Waals surface area contributed by atoms with Gasteiger partial charge in [0.2, 0.25) is 5.91 Å². The Morgan fingerprint density at radius 3 is 2.83 bits per heavy atom. The Morgan fingerprint density at radius 1 is 1.13 bits per heavy atom. The van der Waals surface area contributed by atoms with Gasteiger partial charge in [-0.15, -0.1) is 10.2 Å². The molecule has 0 unspecified atom stereocenters. The molecule has 1 aromatic heterocycles. The van der Waals surface area contributed by atoms with E-state index in [0.717, 1.165) is 34.0 Å². The summed E-state index contributed by atoms with van der Waals surface area (Å²) in [6, 6.07) is 12.0. The smallest absolute Gasteiger partial charge is 0.230 e. The van der Waals surface area contributed by atoms with E-state index in [-0.39, 0.29) is 11.7 Å². The number of para-hydroxylation sites is 1. The highest BCUT2D eigenvalue weighted by molar-refractivity contribution is 7.99. The third-order valence-corrected chi connectivity index (χ3v) is 5.79. The molecule has 30 heavy (non-hydrogen) atoms. The molecular weight excluding hydrogens is 400 g/mol. The van der Waals surface area contributed by atoms with Gasteiger partial charge >= 0.3 is 0 Å². The summed E-state index contributed by atoms with van der Waals surface area (Å²) in [4.78, 5) is 12.5. The molecule has 0 spiro atoms. The van der Waals surface area contributed by atoms with Gasteiger partial charge in [-0.1, -0.05) is 36.0 Å². The van der Waals surface area contributed by atoms with Crippen LogP contribution in [0.25, 0.3) is 5.69 Å². The molecule has 8 heteroatoms. The largest absolute Gasteiger partial charge is 0.486 e. The number of carbonyl (C=O) groups excluding carboxylic acids is 1. The van der Waals surface area contributed by atoms with Crippen molar-refractivity contribution in [2.75, 3.05) is 19.0 Å². The molecule has 0 fully saturated rings. The van der Waals surface area contributed by atoms with Crippen molar-refractivity contribution in [1.29, 1.82) is 0 Å². The van der Waals surface area contributed by atoms with Crippen molar-refractivity contribution in [1.82, 2.24) is 20.1 Å². The predicted octanol–water partition coefficient (Wildman–Crippen LogP) is 3.37. The number of hydrogen-bond donors (Lipinski definition) is 1. The standard InChI is InChI=1S/C22H24N4O3S/c1-14-7-8-15(2)18(11-14)26-16(3)24-25-22(26)30-13-20(27)23-12-17-5-4-6-19-21(17)29-10-9-28-19/h4-8,11H,9-10,12-13H2,1-3H3,(H,23,27). The predicted molar refractivity (Wildman–Crippen MR) is 116 cm³/mol. The first-order chi connectivity index (χ1) is 14.5. The summed E-state index contributed by atoms with van der Waals surface area (Å²) in [6.07, 6.45) is 0. The van der Waals surface area contributed by atoms with Crippen molar-refractivity contribution in [3.63, 3.8) is 0 Å². The maximum absolute atomic E-state index is 12.5. The van der Waals surface area contributed by atoms with E-state index in [1.807, 2.05) is 29.7 Å². The first-order valence-electron chi connectivity index (χ1n) is 9.79. The number of thioether (sulfide) groups is 1. The van der Waals surface area contributed by atoms with Crippen LogP contribution >= 0.6 is 11.8 Å². The molecule has 0 bridgehead atoms. The molecule has 1 amide bonds. The van der Waals surface area contributed by atoms with Gasteiger partial charge < -0.3 is 14.8 Å². The lowest BCUT2D eigenvalue weighted by Crippen LogP contribution is -2.26. The van der Waals surface area contributed by atoms with Crippen LogP contribution in [0.2, 0.25) is 0 Å². The maximum Gasteiger partial charge on any atom is 0.230 e. The molecule has 2 aromatic carbocycles. The Balaban J connectivity index is 1.41. The average Bonchev–Trinajstić information content (AvgIpc) is 3.12. The fourth-order valence-electron chi connectivity index (χ4n) is 3.32. The third kappa shape index (κ3) is 4.28. The van der Waals surface area contributed by atoms with Crippen LogP contribution in [0.15, 0.2) is 41.6 Å². The van der Waals surface area contributed by atoms with Gasteiger partial charge in [0.05, 0.1) is 11.4 Å². The lowest BCUT2D eigenvalue weighted by atomic mass is 10.1. The number of rotatable bonds is 6. The van der Waals surface area contributed by atoms with Crippen LogP contribution in [-0.2, 0) is 11.3 Å². The van der Waals surface area contributed by atoms with Crippen LogP contribution in [0.1, 0.15) is 22.5 Å². The van der Waals surface area contributed by atoms with Gasteiger partial charge in [-0.2, -0.15) is 0 Å². The molecule has 0 radical (unpaired) electrons. The first-order valence-corrected chi connectivity index (χ1v) is 10.8. The van der Waals surface area contributed by atoms with Crippen molar-refractivity contribution in [2.45, 2.75) is 32.5 Å². The maximum atomic E-state index is 12.5. The van der Waals surface area contributed by atoms with E-state index in [1.165, 1.54) is 11.8 Å². The molecule has 156 valence electrons. The second-order valence-corrected chi connectivity index (χ2v) is 8.10. The van der Waals surface area contributed by atoms with Gasteiger partial charge in [0.15, 0.2) is 16.7 Å². The molecule has 1 aliphatic heterocycles. The number of aromatic nitrogens is 3. The van der Waals surface area contributed by atoms with Crippen molar-refractivity contribution in [3.05, 3.63) is 58.9 Å². The van der Waals surface area contributed by atoms with Crippen molar-refractivity contribution in [3.8, 4) is 17.2 Å². The van der Waals surface area contributed by atoms with E-state index in [9.17, 15) is 4.79 Å². The van der Waals surface area contributed by atoms with Gasteiger partial charge in [0.25, 0.3) is 0 Å². The molecule has 0 atom stereocenters. The topological polar surface area (TPSA) is 78.3 Å². The monoisotopic (exact) mass is 424 g/mol. The molecule has 7 nitrogen and oxygen atoms in total. The van der Waals surface area contributed by atoms with Crippen LogP contribution in [0, 0.1) is 20.8 Å². The van der Waals surface area contributed by atoms with E-state index in [2.05, 4.69) is 47.6 Å². The number of amides is 1. The quantitative estimate of drug-likeness (QED) is 0.612. The van der Waals surface area contributed by atoms with Crippen LogP contribution in [-0.4, -0.2) is 39.6 Å². The minimum Gasteiger partial charge on any atom is -0.486 e. The SMILES string of the molecule is Cc1ccc(C)c(-n2c(C)nnc2SCC(=O)NCc2cccc3c2OCCO3)c1. The van der Waals surface area contributed by atoms with Crippen molar-refractivity contribution >= 4 is 17.7 Å². The Kier molecular flexibility index (Phi) is 5.94. The molecule has 1 N–H and O–H groups in total. The third-order valence-electron chi connectivity index (χ3n) is 4.86. The summed E-state index contributed by atoms with van der Waals surface area (Å²) in [5, 5.41) is 12.1. The minimum absolute atomic E-state index is 0.0810. The summed E-state index contributed by atoms with van der Waals surface area (Å²) in [5.41, 5.74) is 4.23. The number of hydrogen-bond acceptors (Lipinski definition) is 6. The van der Waals surface area contributed by atoms with Crippen LogP contribution in [0.3, 0.4) is 0 Å². The Labute approximate surface area is 179 Å². The fourth-order valence-corrected chi connectivity index (χ4v) is 4.14. The van der Waals surface area contributed by atoms with Gasteiger partial charge in [-0.25, -0.2) is 0 Å². The van der Waals surface area contributed by atoms with Gasteiger partial charge in [0.1, 0.15) is 19.0 Å². The normalized spacial score (nSPS) is 12.6. The highest BCUT2D eigenvalue weighted by Gasteiger charge is 2.17. The minimum atomic E-state index is -0.0810. The Bertz CT molecular complexity index is 1080. The second-order valence-electron chi connectivity index (χ2n) is 7.16. The summed E-state index contributed by atoms with van der Waals surface area (Å²) >= 11 is 1.37. The molecule has 3 aromatic rings. The summed E-state index contributed by atoms with van der Waals surface area (Å²) in [5.74, 6) is 2.39. The first kappa shape index (κ1) is 20.3. The highest BCUT2D eigenvalue weighted by Crippen LogP contribution is 2.33. The summed E-state index contributed by atoms with van der Waals surface area (Å²) in [6.45, 7) is 7.47. The van der Waals surface area contributed by atoms with E-state index in [4.69, 9.17) is 9.47 Å². The van der Waals surface area contributed by atoms with E-state index < -0.39 is 0 Å². The van der Waals surface area contributed by atoms with Gasteiger partial charge in [0, 0.05) is 12.1 Å². The number of nitrogens with one attached hydrogen (secondary N) is 1. The van der Waals surface area contributed by atoms with E-state index >= 15 is 0 Å². The summed E-state index contributed by atoms with van der Waals surface area (Å²) < 4.78 is 13.3. The number of fused-ring (bicyclic) bond motifs is 1. The van der Waals surface area contributed by atoms with Crippen LogP contribution in [0.4, 0.5) is 0 Å². The van der Waals surface area contributed by atoms with Crippen molar-refractivity contribution in [2.24, 2.45) is 0 Å². The lowest BCUT2D eigenvalue weighted by Gasteiger charge is -2.21. The Hall–Kier alpha value is -3.00. The molecule has 2 heterocycles. The number of carbonyl (C=O) groups is 1. The average molecular weight is 425 g/mol. The van der Waals surface area contributed by atoms with E-state index in [1.54, 1.807) is 0 Å². The number of ether oxygens (including phenoxy) is 2. The number of nitrogens with zero attached hydrogens (tertiary/aromatic N) is 3. The molecular formula is C22H24N4O3S. The number of benzene rings is 2. The second kappa shape index (κ2) is 8.79. The van der Waals surface area contributed by atoms with Gasteiger partial charge in [-0.05, 0) is 44.0 Å². The Morgan fingerprint density at radius 2 is 1.97 bits per heavy atom. The molecule has 4 rings (SSSR count). The fraction of sp³-hybridized carbons (Fsp3) is 0.318. The molecule has 0 aliphatic carbocycles. The zero-order chi connectivity index (χ0) is 21.1. The van der Waals surface area contributed by atoms with Gasteiger partial charge in [-0.3, -0.25) is 9.36 Å². The highest BCUT2D eigenvalue weighted by atomic mass is 32.2. The van der Waals surface area contributed by atoms with Crippen LogP contribution < -0.4 is 14.8 Å². The van der Waals surface area contributed by atoms with Crippen molar-refractivity contribution < 1.29 is 14.3 Å². The molecule has 0 saturated heterocycles. The zero-order valence-corrected chi connectivity index (χ0v) is 18.1. The molecule has 1 aliphatic rings. The summed E-state index contributed by atoms with van der Waals surface area (Å²) in [7, 11) is 0. The van der Waals surface area contributed by atoms with Crippen LogP contribution in [0.5, 0.6) is 11.5 Å². The van der Waals surface area contributed by atoms with E-state index in [0.29, 0.717) is 30.7 Å². The lowest BCUT2D eigenvalue weighted by molar-refractivity contribution is -0.118. The number of aryl methyl sites for hydroxylation is 3.